The van der Waals surface area contributed by atoms with Gasteiger partial charge in [0.25, 0.3) is 0 Å². The predicted molar refractivity (Wildman–Crippen MR) is 89.0 cm³/mol. The number of aryl methyl sites for hydroxylation is 1. The summed E-state index contributed by atoms with van der Waals surface area (Å²) in [6, 6.07) is 4.52. The largest absolute Gasteiger partial charge is 0.419 e. The molecule has 0 aliphatic heterocycles. The first-order valence-corrected chi connectivity index (χ1v) is 9.11. The molecule has 0 amide bonds. The van der Waals surface area contributed by atoms with Crippen molar-refractivity contribution >= 4 is 21.1 Å². The van der Waals surface area contributed by atoms with Crippen LogP contribution in [0.25, 0.3) is 11.1 Å². The molecule has 1 N–H and O–H groups in total. The molecule has 2 aromatic rings. The van der Waals surface area contributed by atoms with E-state index in [1.807, 2.05) is 20.8 Å². The van der Waals surface area contributed by atoms with Crippen molar-refractivity contribution in [3.8, 4) is 0 Å². The molecule has 0 bridgehead atoms. The van der Waals surface area contributed by atoms with E-state index < -0.39 is 15.8 Å². The number of hydrogen-bond acceptors (Lipinski definition) is 5. The van der Waals surface area contributed by atoms with Gasteiger partial charge in [-0.2, -0.15) is 0 Å². The first-order valence-electron chi connectivity index (χ1n) is 7.63. The molecule has 8 heteroatoms. The highest BCUT2D eigenvalue weighted by Gasteiger charge is 2.19. The molecule has 1 unspecified atom stereocenters. The fourth-order valence-corrected chi connectivity index (χ4v) is 3.71. The summed E-state index contributed by atoms with van der Waals surface area (Å²) in [4.78, 5) is 13.7. The lowest BCUT2D eigenvalue weighted by molar-refractivity contribution is 0.232. The van der Waals surface area contributed by atoms with E-state index in [9.17, 15) is 13.2 Å². The molecule has 0 radical (unpaired) electrons. The zero-order chi connectivity index (χ0) is 17.2. The van der Waals surface area contributed by atoms with Crippen LogP contribution in [0.4, 0.5) is 0 Å². The van der Waals surface area contributed by atoms with Gasteiger partial charge in [0.15, 0.2) is 5.58 Å². The van der Waals surface area contributed by atoms with Crippen molar-refractivity contribution in [3.63, 3.8) is 0 Å². The van der Waals surface area contributed by atoms with Crippen molar-refractivity contribution in [1.82, 2.24) is 14.2 Å². The maximum atomic E-state index is 12.4. The van der Waals surface area contributed by atoms with Gasteiger partial charge >= 0.3 is 5.76 Å². The van der Waals surface area contributed by atoms with Crippen molar-refractivity contribution in [2.45, 2.75) is 31.7 Å². The van der Waals surface area contributed by atoms with Gasteiger partial charge in [-0.1, -0.05) is 13.8 Å². The second kappa shape index (κ2) is 6.86. The van der Waals surface area contributed by atoms with Crippen LogP contribution in [-0.4, -0.2) is 43.6 Å². The Morgan fingerprint density at radius 2 is 1.96 bits per heavy atom. The molecule has 0 aliphatic carbocycles. The number of nitrogens with zero attached hydrogens (tertiary/aromatic N) is 2. The van der Waals surface area contributed by atoms with Gasteiger partial charge in [0.2, 0.25) is 10.0 Å². The van der Waals surface area contributed by atoms with Crippen LogP contribution in [0.2, 0.25) is 0 Å². The fourth-order valence-electron chi connectivity index (χ4n) is 2.57. The Balaban J connectivity index is 2.21. The van der Waals surface area contributed by atoms with Crippen LogP contribution >= 0.6 is 0 Å². The van der Waals surface area contributed by atoms with Crippen molar-refractivity contribution in [2.24, 2.45) is 7.05 Å². The molecule has 128 valence electrons. The Morgan fingerprint density at radius 3 is 2.57 bits per heavy atom. The highest BCUT2D eigenvalue weighted by molar-refractivity contribution is 7.89. The van der Waals surface area contributed by atoms with Crippen molar-refractivity contribution in [1.29, 1.82) is 0 Å². The van der Waals surface area contributed by atoms with E-state index in [1.165, 1.54) is 16.7 Å². The second-order valence-corrected chi connectivity index (χ2v) is 7.25. The lowest BCUT2D eigenvalue weighted by Gasteiger charge is -2.26. The summed E-state index contributed by atoms with van der Waals surface area (Å²) in [5.74, 6) is -0.516. The average Bonchev–Trinajstić information content (AvgIpc) is 2.81. The van der Waals surface area contributed by atoms with Gasteiger partial charge < -0.3 is 4.42 Å². The van der Waals surface area contributed by atoms with E-state index in [0.29, 0.717) is 12.1 Å². The third-order valence-corrected chi connectivity index (χ3v) is 5.50. The Bertz CT molecular complexity index is 834. The van der Waals surface area contributed by atoms with E-state index in [2.05, 4.69) is 9.62 Å². The highest BCUT2D eigenvalue weighted by atomic mass is 32.2. The number of hydrogen-bond donors (Lipinski definition) is 1. The smallest absolute Gasteiger partial charge is 0.408 e. The molecule has 0 aliphatic rings. The van der Waals surface area contributed by atoms with Gasteiger partial charge in [-0.25, -0.2) is 17.9 Å². The zero-order valence-electron chi connectivity index (χ0n) is 13.9. The van der Waals surface area contributed by atoms with Crippen molar-refractivity contribution in [2.75, 3.05) is 19.6 Å². The minimum absolute atomic E-state index is 0.0890. The summed E-state index contributed by atoms with van der Waals surface area (Å²) in [5, 5.41) is 0. The maximum absolute atomic E-state index is 12.4. The van der Waals surface area contributed by atoms with Crippen LogP contribution in [0.3, 0.4) is 0 Å². The molecule has 7 nitrogen and oxygen atoms in total. The topological polar surface area (TPSA) is 84.6 Å². The maximum Gasteiger partial charge on any atom is 0.419 e. The minimum atomic E-state index is -3.65. The number of nitrogens with one attached hydrogen (secondary N) is 1. The second-order valence-electron chi connectivity index (χ2n) is 5.48. The lowest BCUT2D eigenvalue weighted by atomic mass is 10.3. The molecule has 0 spiro atoms. The predicted octanol–water partition coefficient (Wildman–Crippen LogP) is 1.14. The fraction of sp³-hybridized carbons (Fsp3) is 0.533. The first-order chi connectivity index (χ1) is 10.8. The Hall–Kier alpha value is -1.64. The number of likely N-dealkylation sites (N-methyl/N-ethyl adjacent to an activating group) is 1. The summed E-state index contributed by atoms with van der Waals surface area (Å²) >= 11 is 0. The monoisotopic (exact) mass is 341 g/mol. The summed E-state index contributed by atoms with van der Waals surface area (Å²) in [7, 11) is -2.07. The highest BCUT2D eigenvalue weighted by Crippen LogP contribution is 2.17. The Kier molecular flexibility index (Phi) is 5.28. The van der Waals surface area contributed by atoms with Crippen LogP contribution in [-0.2, 0) is 17.1 Å². The van der Waals surface area contributed by atoms with Gasteiger partial charge in [-0.15, -0.1) is 0 Å². The van der Waals surface area contributed by atoms with Crippen LogP contribution in [0.1, 0.15) is 20.8 Å². The first kappa shape index (κ1) is 17.7. The van der Waals surface area contributed by atoms with E-state index >= 15 is 0 Å². The third kappa shape index (κ3) is 3.65. The summed E-state index contributed by atoms with van der Waals surface area (Å²) in [6.45, 7) is 8.11. The third-order valence-electron chi connectivity index (χ3n) is 4.08. The van der Waals surface area contributed by atoms with E-state index in [-0.39, 0.29) is 16.5 Å². The lowest BCUT2D eigenvalue weighted by Crippen LogP contribution is -2.41. The molecule has 23 heavy (non-hydrogen) atoms. The number of benzene rings is 1. The molecule has 0 saturated carbocycles. The molecule has 1 aromatic heterocycles. The Morgan fingerprint density at radius 1 is 1.30 bits per heavy atom. The standard InChI is InChI=1S/C15H23N3O4S/c1-5-18(6-2)11(3)10-16-23(20,21)12-7-8-13-14(9-12)22-15(19)17(13)4/h7-9,11,16H,5-6,10H2,1-4H3. The number of fused-ring (bicyclic) bond motifs is 1. The van der Waals surface area contributed by atoms with Gasteiger partial charge in [-0.3, -0.25) is 9.47 Å². The zero-order valence-corrected chi connectivity index (χ0v) is 14.7. The molecular weight excluding hydrogens is 318 g/mol. The average molecular weight is 341 g/mol. The quantitative estimate of drug-likeness (QED) is 0.816. The number of rotatable bonds is 7. The van der Waals surface area contributed by atoms with Gasteiger partial charge in [-0.05, 0) is 32.1 Å². The van der Waals surface area contributed by atoms with Crippen LogP contribution in [0.15, 0.2) is 32.3 Å². The van der Waals surface area contributed by atoms with Crippen LogP contribution < -0.4 is 10.5 Å². The summed E-state index contributed by atoms with van der Waals surface area (Å²) in [5.41, 5.74) is 0.822. The molecular formula is C15H23N3O4S. The van der Waals surface area contributed by atoms with Crippen LogP contribution in [0, 0.1) is 0 Å². The van der Waals surface area contributed by atoms with Crippen molar-refractivity contribution < 1.29 is 12.8 Å². The van der Waals surface area contributed by atoms with Gasteiger partial charge in [0.05, 0.1) is 10.4 Å². The molecule has 1 aromatic carbocycles. The molecule has 0 saturated heterocycles. The van der Waals surface area contributed by atoms with Crippen LogP contribution in [0.5, 0.6) is 0 Å². The molecule has 2 rings (SSSR count). The number of sulfonamides is 1. The van der Waals surface area contributed by atoms with Crippen molar-refractivity contribution in [3.05, 3.63) is 28.7 Å². The normalized spacial score (nSPS) is 13.8. The van der Waals surface area contributed by atoms with E-state index in [1.54, 1.807) is 13.1 Å². The molecule has 1 heterocycles. The summed E-state index contributed by atoms with van der Waals surface area (Å²) in [6.07, 6.45) is 0. The van der Waals surface area contributed by atoms with Gasteiger partial charge in [0, 0.05) is 25.7 Å². The number of oxazole rings is 1. The minimum Gasteiger partial charge on any atom is -0.408 e. The van der Waals surface area contributed by atoms with E-state index in [0.717, 1.165) is 13.1 Å². The van der Waals surface area contributed by atoms with E-state index in [4.69, 9.17) is 4.42 Å². The Labute approximate surface area is 135 Å². The van der Waals surface area contributed by atoms with Gasteiger partial charge in [0.1, 0.15) is 0 Å². The SMILES string of the molecule is CCN(CC)C(C)CNS(=O)(=O)c1ccc2c(c1)oc(=O)n2C. The molecule has 0 fully saturated rings. The molecule has 1 atom stereocenters. The number of aromatic nitrogens is 1. The summed E-state index contributed by atoms with van der Waals surface area (Å²) < 4.78 is 33.8.